The average molecular weight is 398 g/mol. The molecule has 1 fully saturated rings. The molecule has 1 aliphatic heterocycles. The highest BCUT2D eigenvalue weighted by atomic mass is 16.5. The number of piperazine rings is 1. The lowest BCUT2D eigenvalue weighted by atomic mass is 10.1. The van der Waals surface area contributed by atoms with Crippen molar-refractivity contribution in [3.8, 4) is 11.5 Å². The first-order chi connectivity index (χ1) is 14.0. The number of hydrogen-bond acceptors (Lipinski definition) is 5. The van der Waals surface area contributed by atoms with E-state index in [4.69, 9.17) is 9.47 Å². The van der Waals surface area contributed by atoms with Gasteiger partial charge in [0.25, 0.3) is 0 Å². The molecule has 1 heterocycles. The highest BCUT2D eigenvalue weighted by Crippen LogP contribution is 2.31. The third kappa shape index (κ3) is 5.28. The third-order valence-corrected chi connectivity index (χ3v) is 5.61. The molecule has 1 atom stereocenters. The second kappa shape index (κ2) is 9.76. The minimum absolute atomic E-state index is 0.0420. The highest BCUT2D eigenvalue weighted by Gasteiger charge is 2.26. The lowest BCUT2D eigenvalue weighted by Gasteiger charge is -2.37. The summed E-state index contributed by atoms with van der Waals surface area (Å²) in [4.78, 5) is 17.2. The quantitative estimate of drug-likeness (QED) is 0.778. The lowest BCUT2D eigenvalue weighted by molar-refractivity contribution is -0.121. The fourth-order valence-corrected chi connectivity index (χ4v) is 3.68. The van der Waals surface area contributed by atoms with E-state index >= 15 is 0 Å². The van der Waals surface area contributed by atoms with Crippen LogP contribution in [0.4, 0.5) is 5.69 Å². The number of carbonyl (C=O) groups is 1. The second-order valence-corrected chi connectivity index (χ2v) is 7.48. The first-order valence-corrected chi connectivity index (χ1v) is 10.1. The van der Waals surface area contributed by atoms with Crippen LogP contribution >= 0.6 is 0 Å². The second-order valence-electron chi connectivity index (χ2n) is 7.48. The van der Waals surface area contributed by atoms with Crippen LogP contribution in [0.5, 0.6) is 11.5 Å². The Bertz CT molecular complexity index is 818. The molecule has 0 saturated carbocycles. The molecule has 3 rings (SSSR count). The minimum atomic E-state index is -0.153. The maximum Gasteiger partial charge on any atom is 0.241 e. The molecule has 0 aromatic heterocycles. The molecule has 1 amide bonds. The molecular formula is C23H31N3O3. The molecule has 0 spiro atoms. The molecule has 0 aliphatic carbocycles. The number of rotatable bonds is 7. The SMILES string of the molecule is COc1cc(C)c(CN2CCN([C@@H](C)C(=O)Nc3ccccc3)CC2)cc1OC. The molecular weight excluding hydrogens is 366 g/mol. The van der Waals surface area contributed by atoms with Crippen LogP contribution in [-0.2, 0) is 11.3 Å². The molecule has 0 radical (unpaired) electrons. The number of aryl methyl sites for hydroxylation is 1. The summed E-state index contributed by atoms with van der Waals surface area (Å²) in [5.41, 5.74) is 3.28. The van der Waals surface area contributed by atoms with Crippen molar-refractivity contribution >= 4 is 11.6 Å². The van der Waals surface area contributed by atoms with Gasteiger partial charge in [0, 0.05) is 38.4 Å². The van der Waals surface area contributed by atoms with Gasteiger partial charge in [0.2, 0.25) is 5.91 Å². The van der Waals surface area contributed by atoms with Crippen LogP contribution < -0.4 is 14.8 Å². The van der Waals surface area contributed by atoms with E-state index in [1.165, 1.54) is 11.1 Å². The van der Waals surface area contributed by atoms with Gasteiger partial charge < -0.3 is 14.8 Å². The summed E-state index contributed by atoms with van der Waals surface area (Å²) >= 11 is 0. The van der Waals surface area contributed by atoms with E-state index in [1.807, 2.05) is 43.3 Å². The summed E-state index contributed by atoms with van der Waals surface area (Å²) < 4.78 is 10.8. The van der Waals surface area contributed by atoms with Gasteiger partial charge >= 0.3 is 0 Å². The number of amides is 1. The average Bonchev–Trinajstić information content (AvgIpc) is 2.75. The van der Waals surface area contributed by atoms with Crippen LogP contribution in [-0.4, -0.2) is 62.1 Å². The highest BCUT2D eigenvalue weighted by molar-refractivity contribution is 5.94. The van der Waals surface area contributed by atoms with E-state index in [-0.39, 0.29) is 11.9 Å². The molecule has 0 unspecified atom stereocenters. The zero-order chi connectivity index (χ0) is 20.8. The van der Waals surface area contributed by atoms with Crippen LogP contribution in [0.3, 0.4) is 0 Å². The number of hydrogen-bond donors (Lipinski definition) is 1. The molecule has 2 aromatic carbocycles. The zero-order valence-electron chi connectivity index (χ0n) is 17.8. The van der Waals surface area contributed by atoms with Gasteiger partial charge in [-0.3, -0.25) is 14.6 Å². The molecule has 156 valence electrons. The Morgan fingerprint density at radius 2 is 1.66 bits per heavy atom. The van der Waals surface area contributed by atoms with Crippen molar-refractivity contribution in [2.45, 2.75) is 26.4 Å². The maximum absolute atomic E-state index is 12.6. The fourth-order valence-electron chi connectivity index (χ4n) is 3.68. The van der Waals surface area contributed by atoms with Crippen LogP contribution in [0.1, 0.15) is 18.1 Å². The van der Waals surface area contributed by atoms with Gasteiger partial charge in [-0.25, -0.2) is 0 Å². The Morgan fingerprint density at radius 1 is 1.03 bits per heavy atom. The zero-order valence-corrected chi connectivity index (χ0v) is 17.8. The van der Waals surface area contributed by atoms with Gasteiger partial charge in [-0.15, -0.1) is 0 Å². The van der Waals surface area contributed by atoms with Crippen LogP contribution in [0.25, 0.3) is 0 Å². The molecule has 0 bridgehead atoms. The summed E-state index contributed by atoms with van der Waals surface area (Å²) in [6.07, 6.45) is 0. The van der Waals surface area contributed by atoms with Crippen molar-refractivity contribution in [1.29, 1.82) is 0 Å². The maximum atomic E-state index is 12.6. The van der Waals surface area contributed by atoms with Gasteiger partial charge in [0.05, 0.1) is 20.3 Å². The lowest BCUT2D eigenvalue weighted by Crippen LogP contribution is -2.52. The molecule has 1 N–H and O–H groups in total. The normalized spacial score (nSPS) is 16.3. The summed E-state index contributed by atoms with van der Waals surface area (Å²) in [6, 6.07) is 13.6. The topological polar surface area (TPSA) is 54.0 Å². The third-order valence-electron chi connectivity index (χ3n) is 5.61. The predicted molar refractivity (Wildman–Crippen MR) is 116 cm³/mol. The van der Waals surface area contributed by atoms with Crippen molar-refractivity contribution in [3.63, 3.8) is 0 Å². The van der Waals surface area contributed by atoms with Gasteiger partial charge in [-0.05, 0) is 49.2 Å². The Labute approximate surface area is 173 Å². The van der Waals surface area contributed by atoms with E-state index in [0.29, 0.717) is 0 Å². The number of ether oxygens (including phenoxy) is 2. The first-order valence-electron chi connectivity index (χ1n) is 10.1. The predicted octanol–water partition coefficient (Wildman–Crippen LogP) is 3.16. The van der Waals surface area contributed by atoms with Gasteiger partial charge in [0.1, 0.15) is 0 Å². The summed E-state index contributed by atoms with van der Waals surface area (Å²) in [5, 5.41) is 3.00. The van der Waals surface area contributed by atoms with Crippen molar-refractivity contribution in [2.75, 3.05) is 45.7 Å². The molecule has 29 heavy (non-hydrogen) atoms. The monoisotopic (exact) mass is 397 g/mol. The number of para-hydroxylation sites is 1. The van der Waals surface area contributed by atoms with E-state index in [1.54, 1.807) is 14.2 Å². The van der Waals surface area contributed by atoms with Crippen molar-refractivity contribution < 1.29 is 14.3 Å². The molecule has 1 saturated heterocycles. The van der Waals surface area contributed by atoms with E-state index in [2.05, 4.69) is 28.1 Å². The number of benzene rings is 2. The Kier molecular flexibility index (Phi) is 7.12. The van der Waals surface area contributed by atoms with Crippen molar-refractivity contribution in [3.05, 3.63) is 53.6 Å². The Hall–Kier alpha value is -2.57. The van der Waals surface area contributed by atoms with Crippen LogP contribution in [0, 0.1) is 6.92 Å². The van der Waals surface area contributed by atoms with E-state index in [9.17, 15) is 4.79 Å². The molecule has 6 nitrogen and oxygen atoms in total. The van der Waals surface area contributed by atoms with Gasteiger partial charge in [0.15, 0.2) is 11.5 Å². The van der Waals surface area contributed by atoms with E-state index < -0.39 is 0 Å². The fraction of sp³-hybridized carbons (Fsp3) is 0.435. The van der Waals surface area contributed by atoms with Gasteiger partial charge in [-0.1, -0.05) is 18.2 Å². The summed E-state index contributed by atoms with van der Waals surface area (Å²) in [7, 11) is 3.32. The number of anilines is 1. The Morgan fingerprint density at radius 3 is 2.28 bits per heavy atom. The smallest absolute Gasteiger partial charge is 0.241 e. The Balaban J connectivity index is 1.54. The van der Waals surface area contributed by atoms with Gasteiger partial charge in [-0.2, -0.15) is 0 Å². The van der Waals surface area contributed by atoms with Crippen LogP contribution in [0.2, 0.25) is 0 Å². The minimum Gasteiger partial charge on any atom is -0.493 e. The standard InChI is InChI=1S/C23H31N3O3/c1-17-14-21(28-3)22(29-4)15-19(17)16-25-10-12-26(13-11-25)18(2)23(27)24-20-8-6-5-7-9-20/h5-9,14-15,18H,10-13,16H2,1-4H3,(H,24,27)/t18-/m0/s1. The number of carbonyl (C=O) groups excluding carboxylic acids is 1. The molecule has 2 aromatic rings. The first kappa shape index (κ1) is 21.1. The number of methoxy groups -OCH3 is 2. The number of nitrogens with one attached hydrogen (secondary N) is 1. The van der Waals surface area contributed by atoms with E-state index in [0.717, 1.165) is 49.9 Å². The van der Waals surface area contributed by atoms with Crippen LogP contribution in [0.15, 0.2) is 42.5 Å². The molecule has 6 heteroatoms. The van der Waals surface area contributed by atoms with Crippen molar-refractivity contribution in [2.24, 2.45) is 0 Å². The molecule has 1 aliphatic rings. The number of nitrogens with zero attached hydrogens (tertiary/aromatic N) is 2. The largest absolute Gasteiger partial charge is 0.493 e. The summed E-state index contributed by atoms with van der Waals surface area (Å²) in [6.45, 7) is 8.54. The summed E-state index contributed by atoms with van der Waals surface area (Å²) in [5.74, 6) is 1.56. The van der Waals surface area contributed by atoms with Crippen molar-refractivity contribution in [1.82, 2.24) is 9.80 Å².